The molecular weight excluding hydrogens is 252 g/mol. The number of anilines is 1. The molecule has 1 aromatic heterocycles. The summed E-state index contributed by atoms with van der Waals surface area (Å²) in [4.78, 5) is 16.0. The van der Waals surface area contributed by atoms with Crippen molar-refractivity contribution in [2.45, 2.75) is 39.0 Å². The van der Waals surface area contributed by atoms with E-state index in [2.05, 4.69) is 22.7 Å². The molecule has 1 fully saturated rings. The highest BCUT2D eigenvalue weighted by molar-refractivity contribution is 5.99. The predicted molar refractivity (Wildman–Crippen MR) is 80.1 cm³/mol. The van der Waals surface area contributed by atoms with E-state index in [0.29, 0.717) is 11.3 Å². The quantitative estimate of drug-likeness (QED) is 0.569. The third-order valence-corrected chi connectivity index (χ3v) is 4.19. The van der Waals surface area contributed by atoms with Gasteiger partial charge in [0.1, 0.15) is 0 Å². The van der Waals surface area contributed by atoms with Gasteiger partial charge in [0.05, 0.1) is 11.3 Å². The number of hydrogen-bond donors (Lipinski definition) is 3. The van der Waals surface area contributed by atoms with E-state index in [1.807, 2.05) is 0 Å². The van der Waals surface area contributed by atoms with Crippen LogP contribution in [0.2, 0.25) is 0 Å². The van der Waals surface area contributed by atoms with E-state index in [4.69, 9.17) is 5.84 Å². The third-order valence-electron chi connectivity index (χ3n) is 4.19. The summed E-state index contributed by atoms with van der Waals surface area (Å²) in [5.74, 6) is 6.90. The van der Waals surface area contributed by atoms with Crippen LogP contribution in [0.4, 0.5) is 5.69 Å². The average Bonchev–Trinajstić information content (AvgIpc) is 2.49. The van der Waals surface area contributed by atoms with E-state index in [1.54, 1.807) is 12.3 Å². The van der Waals surface area contributed by atoms with Crippen LogP contribution in [0.25, 0.3) is 0 Å². The number of rotatable bonds is 5. The number of hydrogen-bond acceptors (Lipinski definition) is 4. The molecule has 0 radical (unpaired) electrons. The van der Waals surface area contributed by atoms with Gasteiger partial charge in [0, 0.05) is 18.9 Å². The highest BCUT2D eigenvalue weighted by Gasteiger charge is 2.18. The van der Waals surface area contributed by atoms with Gasteiger partial charge in [-0.2, -0.15) is 0 Å². The Labute approximate surface area is 120 Å². The largest absolute Gasteiger partial charge is 0.352 e. The van der Waals surface area contributed by atoms with Crippen LogP contribution in [0, 0.1) is 11.8 Å². The molecule has 20 heavy (non-hydrogen) atoms. The first-order valence-electron chi connectivity index (χ1n) is 7.39. The van der Waals surface area contributed by atoms with Crippen molar-refractivity contribution >= 4 is 11.6 Å². The summed E-state index contributed by atoms with van der Waals surface area (Å²) < 4.78 is 0. The first kappa shape index (κ1) is 14.8. The zero-order valence-electron chi connectivity index (χ0n) is 12.1. The lowest BCUT2D eigenvalue weighted by atomic mass is 9.81. The monoisotopic (exact) mass is 276 g/mol. The number of nitrogens with two attached hydrogens (primary N) is 1. The highest BCUT2D eigenvalue weighted by atomic mass is 16.1. The van der Waals surface area contributed by atoms with E-state index >= 15 is 0 Å². The van der Waals surface area contributed by atoms with E-state index in [1.165, 1.54) is 31.9 Å². The zero-order valence-corrected chi connectivity index (χ0v) is 12.1. The van der Waals surface area contributed by atoms with Gasteiger partial charge in [-0.1, -0.05) is 32.6 Å². The summed E-state index contributed by atoms with van der Waals surface area (Å²) in [5.41, 5.74) is 3.61. The molecule has 0 unspecified atom stereocenters. The van der Waals surface area contributed by atoms with Crippen LogP contribution in [0.15, 0.2) is 18.5 Å². The van der Waals surface area contributed by atoms with Crippen LogP contribution >= 0.6 is 0 Å². The number of carbonyl (C=O) groups is 1. The summed E-state index contributed by atoms with van der Waals surface area (Å²) in [6.45, 7) is 3.04. The molecule has 110 valence electrons. The molecule has 1 aliphatic rings. The smallest absolute Gasteiger partial charge is 0.255 e. The van der Waals surface area contributed by atoms with Crippen LogP contribution < -0.4 is 16.6 Å². The minimum atomic E-state index is -0.116. The fourth-order valence-electron chi connectivity index (χ4n) is 2.80. The van der Waals surface area contributed by atoms with Crippen molar-refractivity contribution in [1.82, 2.24) is 10.3 Å². The molecule has 0 aliphatic heterocycles. The maximum absolute atomic E-state index is 12.1. The fraction of sp³-hybridized carbons (Fsp3) is 0.600. The van der Waals surface area contributed by atoms with Crippen LogP contribution in [-0.2, 0) is 0 Å². The van der Waals surface area contributed by atoms with E-state index < -0.39 is 0 Å². The summed E-state index contributed by atoms with van der Waals surface area (Å²) in [5, 5.41) is 2.96. The van der Waals surface area contributed by atoms with E-state index in [-0.39, 0.29) is 5.91 Å². The van der Waals surface area contributed by atoms with E-state index in [9.17, 15) is 4.79 Å². The van der Waals surface area contributed by atoms with Crippen molar-refractivity contribution < 1.29 is 4.79 Å². The number of pyridine rings is 1. The Hall–Kier alpha value is -1.62. The van der Waals surface area contributed by atoms with Crippen molar-refractivity contribution in [1.29, 1.82) is 0 Å². The Kier molecular flexibility index (Phi) is 5.35. The number of carbonyl (C=O) groups excluding carboxylic acids is 1. The molecule has 5 heteroatoms. The molecule has 2 rings (SSSR count). The standard InChI is InChI=1S/C15H24N4O/c1-11-2-4-12(5-3-11)6-9-18-15(20)13-10-17-8-7-14(13)19-16/h7-8,10-12H,2-6,9,16H2,1H3,(H,17,19)(H,18,20). The van der Waals surface area contributed by atoms with Crippen LogP contribution in [-0.4, -0.2) is 17.4 Å². The molecule has 1 amide bonds. The topological polar surface area (TPSA) is 80.0 Å². The molecule has 4 N–H and O–H groups in total. The second-order valence-electron chi connectivity index (χ2n) is 5.74. The number of hydrazine groups is 1. The molecule has 0 spiro atoms. The lowest BCUT2D eigenvalue weighted by Crippen LogP contribution is -2.28. The van der Waals surface area contributed by atoms with Crippen molar-refractivity contribution in [2.24, 2.45) is 17.7 Å². The minimum Gasteiger partial charge on any atom is -0.352 e. The number of nitrogens with one attached hydrogen (secondary N) is 2. The Morgan fingerprint density at radius 3 is 2.85 bits per heavy atom. The zero-order chi connectivity index (χ0) is 14.4. The normalized spacial score (nSPS) is 22.3. The van der Waals surface area contributed by atoms with Crippen molar-refractivity contribution in [3.8, 4) is 0 Å². The fourth-order valence-corrected chi connectivity index (χ4v) is 2.80. The first-order chi connectivity index (χ1) is 9.70. The van der Waals surface area contributed by atoms with Crippen molar-refractivity contribution in [2.75, 3.05) is 12.0 Å². The molecule has 0 saturated heterocycles. The van der Waals surface area contributed by atoms with Crippen LogP contribution in [0.5, 0.6) is 0 Å². The molecular formula is C15H24N4O. The Bertz CT molecular complexity index is 441. The van der Waals surface area contributed by atoms with Gasteiger partial charge >= 0.3 is 0 Å². The third kappa shape index (κ3) is 3.93. The Morgan fingerprint density at radius 1 is 1.40 bits per heavy atom. The Morgan fingerprint density at radius 2 is 2.15 bits per heavy atom. The molecule has 0 bridgehead atoms. The molecule has 1 heterocycles. The van der Waals surface area contributed by atoms with Crippen molar-refractivity contribution in [3.63, 3.8) is 0 Å². The van der Waals surface area contributed by atoms with Gasteiger partial charge in [0.25, 0.3) is 5.91 Å². The second kappa shape index (κ2) is 7.24. The van der Waals surface area contributed by atoms with Gasteiger partial charge in [-0.05, 0) is 24.3 Å². The maximum Gasteiger partial charge on any atom is 0.255 e. The predicted octanol–water partition coefficient (Wildman–Crippen LogP) is 2.31. The molecule has 1 aromatic rings. The van der Waals surface area contributed by atoms with Gasteiger partial charge in [-0.3, -0.25) is 15.6 Å². The summed E-state index contributed by atoms with van der Waals surface area (Å²) >= 11 is 0. The summed E-state index contributed by atoms with van der Waals surface area (Å²) in [6.07, 6.45) is 9.43. The van der Waals surface area contributed by atoms with Gasteiger partial charge in [0.15, 0.2) is 0 Å². The average molecular weight is 276 g/mol. The summed E-state index contributed by atoms with van der Waals surface area (Å²) in [7, 11) is 0. The maximum atomic E-state index is 12.1. The SMILES string of the molecule is CC1CCC(CCNC(=O)c2cnccc2NN)CC1. The second-order valence-corrected chi connectivity index (χ2v) is 5.74. The minimum absolute atomic E-state index is 0.116. The van der Waals surface area contributed by atoms with Gasteiger partial charge in [0.2, 0.25) is 0 Å². The van der Waals surface area contributed by atoms with Gasteiger partial charge in [-0.15, -0.1) is 0 Å². The first-order valence-corrected chi connectivity index (χ1v) is 7.39. The lowest BCUT2D eigenvalue weighted by molar-refractivity contribution is 0.0950. The van der Waals surface area contributed by atoms with Crippen molar-refractivity contribution in [3.05, 3.63) is 24.0 Å². The number of aromatic nitrogens is 1. The van der Waals surface area contributed by atoms with E-state index in [0.717, 1.165) is 24.8 Å². The van der Waals surface area contributed by atoms with Gasteiger partial charge in [-0.25, -0.2) is 0 Å². The van der Waals surface area contributed by atoms with Crippen LogP contribution in [0.1, 0.15) is 49.4 Å². The number of amides is 1. The lowest BCUT2D eigenvalue weighted by Gasteiger charge is -2.26. The molecule has 5 nitrogen and oxygen atoms in total. The molecule has 1 aliphatic carbocycles. The Balaban J connectivity index is 1.78. The summed E-state index contributed by atoms with van der Waals surface area (Å²) in [6, 6.07) is 1.69. The number of nitrogen functional groups attached to an aromatic ring is 1. The molecule has 1 saturated carbocycles. The number of nitrogens with zero attached hydrogens (tertiary/aromatic N) is 1. The molecule has 0 aromatic carbocycles. The van der Waals surface area contributed by atoms with Crippen LogP contribution in [0.3, 0.4) is 0 Å². The molecule has 0 atom stereocenters. The van der Waals surface area contributed by atoms with Gasteiger partial charge < -0.3 is 10.7 Å². The highest BCUT2D eigenvalue weighted by Crippen LogP contribution is 2.29.